The number of hydrogen-bond acceptors (Lipinski definition) is 5. The second-order valence-electron chi connectivity index (χ2n) is 12.5. The van der Waals surface area contributed by atoms with Crippen molar-refractivity contribution in [3.8, 4) is 0 Å². The minimum absolute atomic E-state index is 0.0764. The van der Waals surface area contributed by atoms with E-state index in [2.05, 4.69) is 19.2 Å². The van der Waals surface area contributed by atoms with E-state index in [-0.39, 0.29) is 19.1 Å². The highest BCUT2D eigenvalue weighted by atomic mass is 31.2. The molecule has 0 saturated carbocycles. The number of hydrogen-bond donors (Lipinski definition) is 3. The molecule has 0 aromatic carbocycles. The minimum atomic E-state index is -4.28. The SMILES string of the molecule is CCCCCCCCCCCCCCCCCC(O)C(COP(=O)(O)OCC[N+](C)(C)C)NC(=O)CCCCC. The molecular weight excluding hydrogens is 527 g/mol. The van der Waals surface area contributed by atoms with Gasteiger partial charge in [0.2, 0.25) is 5.91 Å². The van der Waals surface area contributed by atoms with Crippen LogP contribution in [0.25, 0.3) is 0 Å². The van der Waals surface area contributed by atoms with Crippen molar-refractivity contribution < 1.29 is 32.9 Å². The molecule has 3 unspecified atom stereocenters. The Morgan fingerprint density at radius 1 is 0.750 bits per heavy atom. The Balaban J connectivity index is 4.27. The molecule has 0 aliphatic heterocycles. The number of unbranched alkanes of at least 4 members (excludes halogenated alkanes) is 16. The Morgan fingerprint density at radius 3 is 1.68 bits per heavy atom. The molecule has 0 rings (SSSR count). The first-order valence-corrected chi connectivity index (χ1v) is 17.9. The fraction of sp³-hybridized carbons (Fsp3) is 0.968. The largest absolute Gasteiger partial charge is 0.472 e. The van der Waals surface area contributed by atoms with Gasteiger partial charge in [0.05, 0.1) is 39.9 Å². The van der Waals surface area contributed by atoms with Crippen molar-refractivity contribution in [1.82, 2.24) is 5.32 Å². The van der Waals surface area contributed by atoms with Gasteiger partial charge in [0.25, 0.3) is 0 Å². The first kappa shape index (κ1) is 39.5. The number of aliphatic hydroxyl groups is 1. The Morgan fingerprint density at radius 2 is 1.20 bits per heavy atom. The highest BCUT2D eigenvalue weighted by Gasteiger charge is 2.28. The molecule has 0 radical (unpaired) electrons. The maximum Gasteiger partial charge on any atom is 0.472 e. The highest BCUT2D eigenvalue weighted by molar-refractivity contribution is 7.47. The predicted octanol–water partition coefficient (Wildman–Crippen LogP) is 7.51. The summed E-state index contributed by atoms with van der Waals surface area (Å²) in [4.78, 5) is 22.5. The summed E-state index contributed by atoms with van der Waals surface area (Å²) >= 11 is 0. The van der Waals surface area contributed by atoms with Gasteiger partial charge in [-0.1, -0.05) is 123 Å². The van der Waals surface area contributed by atoms with Crippen LogP contribution >= 0.6 is 7.82 Å². The fourth-order valence-electron chi connectivity index (χ4n) is 4.63. The third-order valence-corrected chi connectivity index (χ3v) is 8.34. The summed E-state index contributed by atoms with van der Waals surface area (Å²) in [5.74, 6) is -0.170. The first-order valence-electron chi connectivity index (χ1n) is 16.4. The average molecular weight is 594 g/mol. The molecule has 9 heteroatoms. The molecule has 0 fully saturated rings. The maximum absolute atomic E-state index is 12.4. The Bertz CT molecular complexity index is 644. The highest BCUT2D eigenvalue weighted by Crippen LogP contribution is 2.43. The molecule has 0 aliphatic carbocycles. The van der Waals surface area contributed by atoms with E-state index >= 15 is 0 Å². The monoisotopic (exact) mass is 593 g/mol. The van der Waals surface area contributed by atoms with Gasteiger partial charge in [-0.15, -0.1) is 0 Å². The second-order valence-corrected chi connectivity index (χ2v) is 14.0. The van der Waals surface area contributed by atoms with Crippen LogP contribution < -0.4 is 5.32 Å². The smallest absolute Gasteiger partial charge is 0.391 e. The zero-order valence-corrected chi connectivity index (χ0v) is 27.7. The normalized spacial score (nSPS) is 15.1. The molecule has 8 nitrogen and oxygen atoms in total. The summed E-state index contributed by atoms with van der Waals surface area (Å²) in [5.41, 5.74) is 0. The zero-order valence-electron chi connectivity index (χ0n) is 26.8. The van der Waals surface area contributed by atoms with Gasteiger partial charge in [0, 0.05) is 6.42 Å². The molecule has 0 heterocycles. The van der Waals surface area contributed by atoms with Crippen LogP contribution in [0.3, 0.4) is 0 Å². The van der Waals surface area contributed by atoms with E-state index in [0.29, 0.717) is 23.9 Å². The Kier molecular flexibility index (Phi) is 24.7. The number of amides is 1. The molecule has 0 saturated heterocycles. The van der Waals surface area contributed by atoms with Crippen LogP contribution in [0.15, 0.2) is 0 Å². The van der Waals surface area contributed by atoms with Crippen molar-refractivity contribution in [2.24, 2.45) is 0 Å². The van der Waals surface area contributed by atoms with Crippen molar-refractivity contribution in [3.05, 3.63) is 0 Å². The summed E-state index contributed by atoms with van der Waals surface area (Å²) in [7, 11) is 1.61. The van der Waals surface area contributed by atoms with E-state index in [1.165, 1.54) is 77.0 Å². The van der Waals surface area contributed by atoms with Crippen molar-refractivity contribution in [3.63, 3.8) is 0 Å². The summed E-state index contributed by atoms with van der Waals surface area (Å²) < 4.78 is 23.2. The van der Waals surface area contributed by atoms with Crippen LogP contribution in [0.4, 0.5) is 0 Å². The quantitative estimate of drug-likeness (QED) is 0.0471. The number of phosphoric acid groups is 1. The molecule has 3 atom stereocenters. The lowest BCUT2D eigenvalue weighted by molar-refractivity contribution is -0.870. The van der Waals surface area contributed by atoms with Gasteiger partial charge in [-0.2, -0.15) is 0 Å². The van der Waals surface area contributed by atoms with Gasteiger partial charge in [0.15, 0.2) is 0 Å². The fourth-order valence-corrected chi connectivity index (χ4v) is 5.37. The number of likely N-dealkylation sites (N-methyl/N-ethyl adjacent to an activating group) is 1. The molecule has 40 heavy (non-hydrogen) atoms. The molecule has 0 aliphatic rings. The number of carbonyl (C=O) groups is 1. The number of phosphoric ester groups is 1. The maximum atomic E-state index is 12.4. The number of nitrogens with zero attached hydrogens (tertiary/aromatic N) is 1. The Hall–Kier alpha value is -0.500. The van der Waals surface area contributed by atoms with Crippen LogP contribution in [0.5, 0.6) is 0 Å². The lowest BCUT2D eigenvalue weighted by atomic mass is 10.0. The van der Waals surface area contributed by atoms with E-state index in [4.69, 9.17) is 9.05 Å². The second kappa shape index (κ2) is 25.0. The summed E-state index contributed by atoms with van der Waals surface area (Å²) in [5, 5.41) is 13.6. The Labute approximate surface area is 247 Å². The van der Waals surface area contributed by atoms with Crippen LogP contribution in [-0.4, -0.2) is 73.4 Å². The number of carbonyl (C=O) groups excluding carboxylic acids is 1. The van der Waals surface area contributed by atoms with Crippen LogP contribution in [0.1, 0.15) is 142 Å². The number of aliphatic hydroxyl groups excluding tert-OH is 1. The van der Waals surface area contributed by atoms with E-state index in [9.17, 15) is 19.4 Å². The van der Waals surface area contributed by atoms with Crippen LogP contribution in [0, 0.1) is 0 Å². The topological polar surface area (TPSA) is 105 Å². The first-order chi connectivity index (χ1) is 19.0. The molecular formula is C31H66N2O6P+. The summed E-state index contributed by atoms with van der Waals surface area (Å²) in [6, 6.07) is -0.747. The zero-order chi connectivity index (χ0) is 30.1. The molecule has 0 aromatic heterocycles. The van der Waals surface area contributed by atoms with Crippen LogP contribution in [0.2, 0.25) is 0 Å². The van der Waals surface area contributed by atoms with Crippen molar-refractivity contribution in [2.45, 2.75) is 154 Å². The van der Waals surface area contributed by atoms with Gasteiger partial charge < -0.3 is 19.8 Å². The van der Waals surface area contributed by atoms with Gasteiger partial charge >= 0.3 is 7.82 Å². The molecule has 1 amide bonds. The lowest BCUT2D eigenvalue weighted by Crippen LogP contribution is -2.46. The van der Waals surface area contributed by atoms with E-state index in [1.54, 1.807) is 0 Å². The molecule has 0 spiro atoms. The molecule has 240 valence electrons. The standard InChI is InChI=1S/C31H65N2O6P/c1-6-8-10-11-12-13-14-15-16-17-18-19-20-21-23-24-30(34)29(32-31(35)25-22-9-7-2)28-39-40(36,37)38-27-26-33(3,4)5/h29-30,34H,6-28H2,1-5H3,(H-,32,35,36,37)/p+1. The molecule has 0 aromatic rings. The van der Waals surface area contributed by atoms with Gasteiger partial charge in [-0.05, 0) is 12.8 Å². The molecule has 3 N–H and O–H groups in total. The van der Waals surface area contributed by atoms with Crippen molar-refractivity contribution in [1.29, 1.82) is 0 Å². The van der Waals surface area contributed by atoms with E-state index < -0.39 is 20.0 Å². The van der Waals surface area contributed by atoms with Gasteiger partial charge in [-0.3, -0.25) is 13.8 Å². The van der Waals surface area contributed by atoms with Crippen LogP contribution in [-0.2, 0) is 18.4 Å². The minimum Gasteiger partial charge on any atom is -0.391 e. The average Bonchev–Trinajstić information content (AvgIpc) is 2.88. The van der Waals surface area contributed by atoms with E-state index in [0.717, 1.165) is 38.5 Å². The third-order valence-electron chi connectivity index (χ3n) is 7.36. The number of nitrogens with one attached hydrogen (secondary N) is 1. The van der Waals surface area contributed by atoms with Gasteiger partial charge in [0.1, 0.15) is 13.2 Å². The van der Waals surface area contributed by atoms with Gasteiger partial charge in [-0.25, -0.2) is 4.57 Å². The van der Waals surface area contributed by atoms with E-state index in [1.807, 2.05) is 21.1 Å². The lowest BCUT2D eigenvalue weighted by Gasteiger charge is -2.26. The molecule has 0 bridgehead atoms. The summed E-state index contributed by atoms with van der Waals surface area (Å²) in [6.45, 7) is 4.70. The third kappa shape index (κ3) is 26.4. The van der Waals surface area contributed by atoms with Crippen molar-refractivity contribution in [2.75, 3.05) is 40.9 Å². The summed E-state index contributed by atoms with van der Waals surface area (Å²) in [6.07, 6.45) is 21.9. The predicted molar refractivity (Wildman–Crippen MR) is 166 cm³/mol. The number of quaternary nitrogens is 1. The van der Waals surface area contributed by atoms with Crippen molar-refractivity contribution >= 4 is 13.7 Å². The number of rotatable bonds is 29.